The second-order valence-corrected chi connectivity index (χ2v) is 3.71. The maximum Gasteiger partial charge on any atom is 0.341 e. The molecule has 3 nitrogen and oxygen atoms in total. The van der Waals surface area contributed by atoms with Crippen molar-refractivity contribution in [1.82, 2.24) is 0 Å². The number of ether oxygens (including phenoxy) is 1. The number of hydrogen-bond acceptors (Lipinski definition) is 4. The molecule has 0 atom stereocenters. The van der Waals surface area contributed by atoms with Gasteiger partial charge in [-0.2, -0.15) is 0 Å². The lowest BCUT2D eigenvalue weighted by Gasteiger charge is -2.08. The van der Waals surface area contributed by atoms with Crippen molar-refractivity contribution in [3.05, 3.63) is 23.8 Å². The van der Waals surface area contributed by atoms with Crippen molar-refractivity contribution in [2.75, 3.05) is 12.3 Å². The summed E-state index contributed by atoms with van der Waals surface area (Å²) >= 11 is 4.17. The average Bonchev–Trinajstić information content (AvgIpc) is 2.18. The first kappa shape index (κ1) is 11.9. The van der Waals surface area contributed by atoms with E-state index >= 15 is 0 Å². The summed E-state index contributed by atoms with van der Waals surface area (Å²) in [5.41, 5.74) is 6.44. The molecule has 0 saturated heterocycles. The Balaban J connectivity index is 2.73. The van der Waals surface area contributed by atoms with E-state index in [1.807, 2.05) is 6.92 Å². The molecule has 0 unspecified atom stereocenters. The van der Waals surface area contributed by atoms with Crippen LogP contribution in [0.4, 0.5) is 5.69 Å². The van der Waals surface area contributed by atoms with E-state index in [4.69, 9.17) is 10.5 Å². The average molecular weight is 225 g/mol. The van der Waals surface area contributed by atoms with Crippen LogP contribution >= 0.6 is 12.6 Å². The summed E-state index contributed by atoms with van der Waals surface area (Å²) in [6, 6.07) is 5.13. The van der Waals surface area contributed by atoms with Crippen molar-refractivity contribution in [3.8, 4) is 0 Å². The number of nitrogen functional groups attached to an aromatic ring is 1. The van der Waals surface area contributed by atoms with Gasteiger partial charge < -0.3 is 10.5 Å². The third kappa shape index (κ3) is 3.16. The van der Waals surface area contributed by atoms with Gasteiger partial charge in [-0.3, -0.25) is 0 Å². The molecular formula is C11H15NO2S. The molecule has 1 rings (SSSR count). The predicted molar refractivity (Wildman–Crippen MR) is 63.3 cm³/mol. The van der Waals surface area contributed by atoms with E-state index < -0.39 is 5.97 Å². The molecule has 0 radical (unpaired) electrons. The quantitative estimate of drug-likeness (QED) is 0.358. The molecule has 82 valence electrons. The number of hydrogen-bond donors (Lipinski definition) is 2. The summed E-state index contributed by atoms with van der Waals surface area (Å²) < 4.78 is 5.06. The zero-order valence-corrected chi connectivity index (χ0v) is 9.59. The minimum atomic E-state index is -0.397. The zero-order chi connectivity index (χ0) is 11.3. The van der Waals surface area contributed by atoms with Gasteiger partial charge in [0.15, 0.2) is 0 Å². The smallest absolute Gasteiger partial charge is 0.341 e. The molecule has 2 N–H and O–H groups in total. The predicted octanol–water partition coefficient (Wildman–Crippen LogP) is 2.51. The lowest BCUT2D eigenvalue weighted by Crippen LogP contribution is -2.10. The highest BCUT2D eigenvalue weighted by Gasteiger charge is 2.13. The maximum atomic E-state index is 11.6. The highest BCUT2D eigenvalue weighted by Crippen LogP contribution is 2.21. The zero-order valence-electron chi connectivity index (χ0n) is 8.69. The van der Waals surface area contributed by atoms with E-state index in [-0.39, 0.29) is 0 Å². The van der Waals surface area contributed by atoms with Gasteiger partial charge in [-0.05, 0) is 18.6 Å². The van der Waals surface area contributed by atoms with Gasteiger partial charge in [0.1, 0.15) is 0 Å². The summed E-state index contributed by atoms with van der Waals surface area (Å²) in [6.45, 7) is 2.46. The van der Waals surface area contributed by atoms with Gasteiger partial charge in [-0.1, -0.05) is 19.4 Å². The number of carbonyl (C=O) groups is 1. The normalized spacial score (nSPS) is 10.0. The molecule has 1 aromatic rings. The lowest BCUT2D eigenvalue weighted by molar-refractivity contribution is 0.0497. The van der Waals surface area contributed by atoms with Crippen molar-refractivity contribution in [1.29, 1.82) is 0 Å². The summed E-state index contributed by atoms with van der Waals surface area (Å²) in [4.78, 5) is 12.2. The molecule has 4 heteroatoms. The number of rotatable bonds is 4. The first-order valence-corrected chi connectivity index (χ1v) is 5.36. The third-order valence-corrected chi connectivity index (χ3v) is 2.38. The Morgan fingerprint density at radius 3 is 2.87 bits per heavy atom. The molecule has 0 aliphatic heterocycles. The minimum Gasteiger partial charge on any atom is -0.462 e. The maximum absolute atomic E-state index is 11.6. The second-order valence-electron chi connectivity index (χ2n) is 3.23. The molecule has 0 aliphatic rings. The highest BCUT2D eigenvalue weighted by atomic mass is 32.1. The molecule has 0 spiro atoms. The Hall–Kier alpha value is -1.16. The largest absolute Gasteiger partial charge is 0.462 e. The standard InChI is InChI=1S/C11H15NO2S/c1-2-3-7-14-11(13)10-8(12)5-4-6-9(10)15/h4-6,15H,2-3,7,12H2,1H3. The van der Waals surface area contributed by atoms with Crippen LogP contribution in [0.25, 0.3) is 0 Å². The summed E-state index contributed by atoms with van der Waals surface area (Å²) in [5, 5.41) is 0. The van der Waals surface area contributed by atoms with Gasteiger partial charge in [0.05, 0.1) is 12.2 Å². The monoisotopic (exact) mass is 225 g/mol. The van der Waals surface area contributed by atoms with E-state index in [1.54, 1.807) is 18.2 Å². The molecule has 0 bridgehead atoms. The topological polar surface area (TPSA) is 52.3 Å². The molecule has 0 fully saturated rings. The van der Waals surface area contributed by atoms with E-state index in [9.17, 15) is 4.79 Å². The second kappa shape index (κ2) is 5.66. The van der Waals surface area contributed by atoms with Crippen molar-refractivity contribution in [3.63, 3.8) is 0 Å². The van der Waals surface area contributed by atoms with Crippen LogP contribution in [-0.2, 0) is 4.74 Å². The van der Waals surface area contributed by atoms with Gasteiger partial charge in [-0.15, -0.1) is 12.6 Å². The summed E-state index contributed by atoms with van der Waals surface area (Å²) in [7, 11) is 0. The van der Waals surface area contributed by atoms with Crippen LogP contribution in [0.2, 0.25) is 0 Å². The SMILES string of the molecule is CCCCOC(=O)c1c(N)cccc1S. The molecule has 0 aliphatic carbocycles. The van der Waals surface area contributed by atoms with Gasteiger partial charge in [0, 0.05) is 10.6 Å². The fraction of sp³-hybridized carbons (Fsp3) is 0.364. The van der Waals surface area contributed by atoms with Crippen LogP contribution in [0.1, 0.15) is 30.1 Å². The van der Waals surface area contributed by atoms with Gasteiger partial charge in [0.2, 0.25) is 0 Å². The van der Waals surface area contributed by atoms with Crippen LogP contribution in [0.15, 0.2) is 23.1 Å². The lowest BCUT2D eigenvalue weighted by atomic mass is 10.2. The van der Waals surface area contributed by atoms with Crippen LogP contribution < -0.4 is 5.73 Å². The first-order chi connectivity index (χ1) is 7.16. The third-order valence-electron chi connectivity index (χ3n) is 2.01. The van der Waals surface area contributed by atoms with Crippen molar-refractivity contribution in [2.45, 2.75) is 24.7 Å². The van der Waals surface area contributed by atoms with Gasteiger partial charge in [-0.25, -0.2) is 4.79 Å². The van der Waals surface area contributed by atoms with Crippen LogP contribution in [0, 0.1) is 0 Å². The highest BCUT2D eigenvalue weighted by molar-refractivity contribution is 7.80. The van der Waals surface area contributed by atoms with Crippen molar-refractivity contribution >= 4 is 24.3 Å². The molecular weight excluding hydrogens is 210 g/mol. The number of benzene rings is 1. The Morgan fingerprint density at radius 1 is 1.53 bits per heavy atom. The molecule has 15 heavy (non-hydrogen) atoms. The van der Waals surface area contributed by atoms with E-state index in [0.29, 0.717) is 22.8 Å². The Bertz CT molecular complexity index is 332. The Morgan fingerprint density at radius 2 is 2.27 bits per heavy atom. The number of thiol groups is 1. The number of unbranched alkanes of at least 4 members (excludes halogenated alkanes) is 1. The van der Waals surface area contributed by atoms with E-state index in [2.05, 4.69) is 12.6 Å². The fourth-order valence-corrected chi connectivity index (χ4v) is 1.47. The molecule has 0 aromatic heterocycles. The number of anilines is 1. The molecule has 1 aromatic carbocycles. The van der Waals surface area contributed by atoms with Gasteiger partial charge in [0.25, 0.3) is 0 Å². The van der Waals surface area contributed by atoms with Crippen LogP contribution in [0.5, 0.6) is 0 Å². The van der Waals surface area contributed by atoms with Crippen LogP contribution in [-0.4, -0.2) is 12.6 Å². The molecule has 0 saturated carbocycles. The fourth-order valence-electron chi connectivity index (χ4n) is 1.16. The summed E-state index contributed by atoms with van der Waals surface area (Å²) in [6.07, 6.45) is 1.85. The van der Waals surface area contributed by atoms with Crippen molar-refractivity contribution in [2.24, 2.45) is 0 Å². The Kier molecular flexibility index (Phi) is 4.49. The molecule has 0 amide bonds. The van der Waals surface area contributed by atoms with E-state index in [0.717, 1.165) is 12.8 Å². The summed E-state index contributed by atoms with van der Waals surface area (Å²) in [5.74, 6) is -0.397. The number of esters is 1. The number of carbonyl (C=O) groups excluding carboxylic acids is 1. The van der Waals surface area contributed by atoms with Gasteiger partial charge >= 0.3 is 5.97 Å². The van der Waals surface area contributed by atoms with Crippen LogP contribution in [0.3, 0.4) is 0 Å². The first-order valence-electron chi connectivity index (χ1n) is 4.91. The Labute approximate surface area is 95.0 Å². The molecule has 0 heterocycles. The minimum absolute atomic E-state index is 0.358. The van der Waals surface area contributed by atoms with E-state index in [1.165, 1.54) is 0 Å². The van der Waals surface area contributed by atoms with Crippen molar-refractivity contribution < 1.29 is 9.53 Å². The number of nitrogens with two attached hydrogens (primary N) is 1.